The lowest BCUT2D eigenvalue weighted by molar-refractivity contribution is -0.136. The van der Waals surface area contributed by atoms with Crippen molar-refractivity contribution in [2.24, 2.45) is 11.8 Å². The molecule has 2 amide bonds. The van der Waals surface area contributed by atoms with E-state index < -0.39 is 0 Å². The lowest BCUT2D eigenvalue weighted by Crippen LogP contribution is -2.55. The SMILES string of the molecule is CC.COc1ccc(CCN(C)C(=O)C2CN(c3c4c(nc5ccnn35)CCNCC4)C2)cc1.COc1ccc(CN(C)C(=O)C2CN(c3c4c(nc5ccnn35)CCNCC4)C2)cc1. The van der Waals surface area contributed by atoms with E-state index in [0.717, 1.165) is 123 Å². The van der Waals surface area contributed by atoms with Crippen LogP contribution in [0.2, 0.25) is 0 Å². The first-order valence-corrected chi connectivity index (χ1v) is 23.2. The molecule has 10 rings (SSSR count). The first-order chi connectivity index (χ1) is 31.8. The van der Waals surface area contributed by atoms with Crippen LogP contribution in [0.15, 0.2) is 73.1 Å². The van der Waals surface area contributed by atoms with E-state index in [4.69, 9.17) is 19.4 Å². The summed E-state index contributed by atoms with van der Waals surface area (Å²) in [6.45, 7) is 12.0. The molecule has 0 bridgehead atoms. The standard InChI is InChI=1S/C24H30N6O2.C23H28N6O2.C2H6/c1-28(14-10-17-3-5-19(32-2)6-4-17)24(31)18-15-29(16-18)23-20-7-11-25-12-8-21(20)27-22-9-13-26-30(22)23;1-27(13-16-3-5-18(31-2)6-4-16)23(30)17-14-28(15-17)22-19-7-10-24-11-8-20(19)26-21-9-12-25-29(21)22;1-2/h3-6,9,13,18,25H,7-8,10-12,14-16H2,1-2H3;3-6,9,12,17,24H,7-8,10-11,13-15H2,1-2H3;1-2H3. The number of anilines is 2. The van der Waals surface area contributed by atoms with Gasteiger partial charge in [-0.2, -0.15) is 19.2 Å². The van der Waals surface area contributed by atoms with Crippen LogP contribution in [0.4, 0.5) is 11.6 Å². The van der Waals surface area contributed by atoms with Crippen molar-refractivity contribution in [2.45, 2.75) is 52.5 Å². The molecule has 2 N–H and O–H groups in total. The Hall–Kier alpha value is -6.26. The fourth-order valence-electron chi connectivity index (χ4n) is 9.20. The molecule has 6 aromatic rings. The van der Waals surface area contributed by atoms with Crippen LogP contribution < -0.4 is 29.9 Å². The Kier molecular flexibility index (Phi) is 14.4. The van der Waals surface area contributed by atoms with Gasteiger partial charge in [-0.15, -0.1) is 0 Å². The molecule has 8 heterocycles. The van der Waals surface area contributed by atoms with E-state index in [9.17, 15) is 9.59 Å². The van der Waals surface area contributed by atoms with Gasteiger partial charge >= 0.3 is 0 Å². The summed E-state index contributed by atoms with van der Waals surface area (Å²) in [6.07, 6.45) is 8.15. The number of carbonyl (C=O) groups is 2. The Bertz CT molecular complexity index is 2540. The topological polar surface area (TPSA) is 150 Å². The predicted molar refractivity (Wildman–Crippen MR) is 253 cm³/mol. The summed E-state index contributed by atoms with van der Waals surface area (Å²) in [4.78, 5) is 44.0. The first-order valence-electron chi connectivity index (χ1n) is 23.2. The van der Waals surface area contributed by atoms with Gasteiger partial charge in [0.2, 0.25) is 11.8 Å². The highest BCUT2D eigenvalue weighted by atomic mass is 16.5. The molecule has 16 nitrogen and oxygen atoms in total. The average Bonchev–Trinajstić information content (AvgIpc) is 3.84. The van der Waals surface area contributed by atoms with Crippen LogP contribution in [-0.4, -0.2) is 138 Å². The largest absolute Gasteiger partial charge is 0.497 e. The van der Waals surface area contributed by atoms with Gasteiger partial charge in [0.25, 0.3) is 0 Å². The van der Waals surface area contributed by atoms with E-state index in [-0.39, 0.29) is 23.7 Å². The second-order valence-electron chi connectivity index (χ2n) is 17.0. The lowest BCUT2D eigenvalue weighted by Gasteiger charge is -2.42. The number of hydrogen-bond donors (Lipinski definition) is 2. The Morgan fingerprint density at radius 3 is 1.51 bits per heavy atom. The van der Waals surface area contributed by atoms with Gasteiger partial charge in [-0.25, -0.2) is 9.97 Å². The Balaban J connectivity index is 0.000000171. The van der Waals surface area contributed by atoms with Crippen molar-refractivity contribution in [1.82, 2.24) is 49.6 Å². The van der Waals surface area contributed by atoms with Gasteiger partial charge < -0.3 is 39.7 Å². The smallest absolute Gasteiger partial charge is 0.229 e. The average molecular weight is 885 g/mol. The van der Waals surface area contributed by atoms with E-state index in [0.29, 0.717) is 26.2 Å². The molecular formula is C49H64N12O4. The zero-order chi connectivity index (χ0) is 45.5. The fourth-order valence-corrected chi connectivity index (χ4v) is 9.20. The Labute approximate surface area is 381 Å². The minimum Gasteiger partial charge on any atom is -0.497 e. The third kappa shape index (κ3) is 9.88. The van der Waals surface area contributed by atoms with E-state index in [1.807, 2.05) is 95.3 Å². The highest BCUT2D eigenvalue weighted by Crippen LogP contribution is 2.34. The van der Waals surface area contributed by atoms with Crippen LogP contribution >= 0.6 is 0 Å². The molecule has 0 saturated carbocycles. The second-order valence-corrected chi connectivity index (χ2v) is 17.0. The molecule has 2 aromatic carbocycles. The number of aromatic nitrogens is 6. The Morgan fingerprint density at radius 1 is 0.615 bits per heavy atom. The van der Waals surface area contributed by atoms with Gasteiger partial charge in [0.15, 0.2) is 11.3 Å². The molecule has 0 atom stereocenters. The zero-order valence-corrected chi connectivity index (χ0v) is 38.8. The van der Waals surface area contributed by atoms with E-state index in [2.05, 4.69) is 42.8 Å². The maximum atomic E-state index is 13.0. The van der Waals surface area contributed by atoms with Crippen LogP contribution in [0, 0.1) is 11.8 Å². The van der Waals surface area contributed by atoms with Crippen molar-refractivity contribution in [3.05, 3.63) is 107 Å². The number of methoxy groups -OCH3 is 2. The monoisotopic (exact) mass is 885 g/mol. The second kappa shape index (κ2) is 20.7. The normalized spacial score (nSPS) is 16.0. The van der Waals surface area contributed by atoms with Crippen LogP contribution in [0.25, 0.3) is 11.3 Å². The fraction of sp³-hybridized carbons (Fsp3) is 0.469. The number of amides is 2. The molecule has 65 heavy (non-hydrogen) atoms. The minimum atomic E-state index is 0.00146. The molecular weight excluding hydrogens is 821 g/mol. The summed E-state index contributed by atoms with van der Waals surface area (Å²) in [7, 11) is 7.11. The lowest BCUT2D eigenvalue weighted by atomic mass is 9.96. The number of nitrogens with one attached hydrogen (secondary N) is 2. The highest BCUT2D eigenvalue weighted by molar-refractivity contribution is 5.83. The predicted octanol–water partition coefficient (Wildman–Crippen LogP) is 4.11. The number of rotatable bonds is 11. The van der Waals surface area contributed by atoms with Gasteiger partial charge in [-0.1, -0.05) is 38.1 Å². The molecule has 4 aliphatic heterocycles. The maximum Gasteiger partial charge on any atom is 0.229 e. The number of carbonyl (C=O) groups excluding carboxylic acids is 2. The number of hydrogen-bond acceptors (Lipinski definition) is 12. The van der Waals surface area contributed by atoms with E-state index in [1.165, 1.54) is 16.7 Å². The molecule has 2 saturated heterocycles. The molecule has 344 valence electrons. The van der Waals surface area contributed by atoms with E-state index >= 15 is 0 Å². The quantitative estimate of drug-likeness (QED) is 0.193. The van der Waals surface area contributed by atoms with Crippen LogP contribution in [0.3, 0.4) is 0 Å². The van der Waals surface area contributed by atoms with Gasteiger partial charge in [-0.05, 0) is 67.7 Å². The van der Waals surface area contributed by atoms with Crippen molar-refractivity contribution < 1.29 is 19.1 Å². The molecule has 4 aromatic heterocycles. The summed E-state index contributed by atoms with van der Waals surface area (Å²) in [5.74, 6) is 4.32. The Morgan fingerprint density at radius 2 is 1.05 bits per heavy atom. The van der Waals surface area contributed by atoms with Gasteiger partial charge in [0, 0.05) is 103 Å². The van der Waals surface area contributed by atoms with Gasteiger partial charge in [0.1, 0.15) is 23.1 Å². The number of benzene rings is 2. The summed E-state index contributed by atoms with van der Waals surface area (Å²) in [5.41, 5.74) is 8.90. The van der Waals surface area contributed by atoms with Crippen LogP contribution in [0.5, 0.6) is 11.5 Å². The molecule has 0 spiro atoms. The first kappa shape index (κ1) is 45.3. The van der Waals surface area contributed by atoms with Gasteiger partial charge in [-0.3, -0.25) is 9.59 Å². The molecule has 2 fully saturated rings. The number of likely N-dealkylation sites (N-methyl/N-ethyl adjacent to an activating group) is 1. The molecule has 16 heteroatoms. The van der Waals surface area contributed by atoms with Crippen molar-refractivity contribution in [2.75, 3.05) is 97.0 Å². The van der Waals surface area contributed by atoms with Crippen LogP contribution in [0.1, 0.15) is 47.5 Å². The third-order valence-electron chi connectivity index (χ3n) is 12.8. The van der Waals surface area contributed by atoms with E-state index in [1.54, 1.807) is 26.6 Å². The van der Waals surface area contributed by atoms with Crippen molar-refractivity contribution >= 4 is 34.7 Å². The number of fused-ring (bicyclic) bond motifs is 4. The summed E-state index contributed by atoms with van der Waals surface area (Å²) in [6, 6.07) is 19.8. The molecule has 4 aliphatic rings. The van der Waals surface area contributed by atoms with Crippen molar-refractivity contribution in [3.8, 4) is 11.5 Å². The summed E-state index contributed by atoms with van der Waals surface area (Å²) >= 11 is 0. The minimum absolute atomic E-state index is 0.00146. The number of ether oxygens (including phenoxy) is 2. The van der Waals surface area contributed by atoms with Crippen molar-refractivity contribution in [1.29, 1.82) is 0 Å². The molecule has 0 aliphatic carbocycles. The number of nitrogens with zero attached hydrogens (tertiary/aromatic N) is 10. The highest BCUT2D eigenvalue weighted by Gasteiger charge is 2.39. The molecule has 0 radical (unpaired) electrons. The third-order valence-corrected chi connectivity index (χ3v) is 12.8. The zero-order valence-electron chi connectivity index (χ0n) is 38.8. The summed E-state index contributed by atoms with van der Waals surface area (Å²) < 4.78 is 14.3. The van der Waals surface area contributed by atoms with Crippen LogP contribution in [-0.2, 0) is 48.2 Å². The van der Waals surface area contributed by atoms with Crippen molar-refractivity contribution in [3.63, 3.8) is 0 Å². The van der Waals surface area contributed by atoms with Gasteiger partial charge in [0.05, 0.1) is 49.8 Å². The maximum absolute atomic E-state index is 13.0. The molecule has 0 unspecified atom stereocenters. The summed E-state index contributed by atoms with van der Waals surface area (Å²) in [5, 5.41) is 16.0.